The third-order valence-corrected chi connectivity index (χ3v) is 2.37. The Balaban J connectivity index is 2.71. The minimum Gasteiger partial charge on any atom is -0.344 e. The number of hydrogen-bond donors (Lipinski definition) is 1. The van der Waals surface area contributed by atoms with E-state index in [1.54, 1.807) is 0 Å². The molecule has 98 valence electrons. The lowest BCUT2D eigenvalue weighted by Gasteiger charge is -2.20. The average Bonchev–Trinajstić information content (AvgIpc) is 2.47. The van der Waals surface area contributed by atoms with Crippen molar-refractivity contribution in [3.05, 3.63) is 0 Å². The van der Waals surface area contributed by atoms with Crippen LogP contribution < -0.4 is 5.32 Å². The van der Waals surface area contributed by atoms with Gasteiger partial charge in [-0.25, -0.2) is 0 Å². The third kappa shape index (κ3) is 2.47. The molecule has 1 N–H and O–H groups in total. The molecule has 0 bridgehead atoms. The smallest absolute Gasteiger partial charge is 0.344 e. The van der Waals surface area contributed by atoms with E-state index in [9.17, 15) is 31.5 Å². The lowest BCUT2D eigenvalue weighted by Crippen LogP contribution is -2.54. The average molecular weight is 260 g/mol. The van der Waals surface area contributed by atoms with Crippen molar-refractivity contribution in [1.82, 2.24) is 10.2 Å². The molecule has 1 aliphatic heterocycles. The number of nitrogens with zero attached hydrogens (tertiary/aromatic N) is 1. The molecule has 1 rings (SSSR count). The van der Waals surface area contributed by atoms with Crippen LogP contribution in [0.4, 0.5) is 22.0 Å². The Labute approximate surface area is 92.7 Å². The lowest BCUT2D eigenvalue weighted by atomic mass is 10.2. The Kier molecular flexibility index (Phi) is 3.30. The Morgan fingerprint density at radius 3 is 2.24 bits per heavy atom. The molecule has 0 aromatic carbocycles. The van der Waals surface area contributed by atoms with Crippen LogP contribution in [0, 0.1) is 0 Å². The van der Waals surface area contributed by atoms with E-state index in [-0.39, 0.29) is 13.0 Å². The number of hydrogen-bond acceptors (Lipinski definition) is 2. The highest BCUT2D eigenvalue weighted by Crippen LogP contribution is 2.35. The first kappa shape index (κ1) is 13.7. The SMILES string of the molecule is CN1CCC(NC(=O)C(F)(F)C(F)(F)F)C1=O. The summed E-state index contributed by atoms with van der Waals surface area (Å²) in [5, 5.41) is 1.41. The maximum atomic E-state index is 12.5. The molecule has 1 saturated heterocycles. The lowest BCUT2D eigenvalue weighted by molar-refractivity contribution is -0.270. The predicted octanol–water partition coefficient (Wildman–Crippen LogP) is 0.531. The second kappa shape index (κ2) is 4.11. The molecule has 1 atom stereocenters. The quantitative estimate of drug-likeness (QED) is 0.736. The van der Waals surface area contributed by atoms with Crippen LogP contribution in [-0.2, 0) is 9.59 Å². The van der Waals surface area contributed by atoms with Crippen LogP contribution in [0.3, 0.4) is 0 Å². The summed E-state index contributed by atoms with van der Waals surface area (Å²) < 4.78 is 60.6. The second-order valence-corrected chi connectivity index (χ2v) is 3.65. The number of carbonyl (C=O) groups excluding carboxylic acids is 2. The zero-order valence-corrected chi connectivity index (χ0v) is 8.65. The van der Waals surface area contributed by atoms with Crippen LogP contribution in [0.15, 0.2) is 0 Å². The Bertz CT molecular complexity index is 341. The van der Waals surface area contributed by atoms with Gasteiger partial charge in [0, 0.05) is 13.6 Å². The fourth-order valence-corrected chi connectivity index (χ4v) is 1.33. The van der Waals surface area contributed by atoms with Gasteiger partial charge in [0.1, 0.15) is 6.04 Å². The minimum atomic E-state index is -5.97. The maximum absolute atomic E-state index is 12.5. The van der Waals surface area contributed by atoms with Gasteiger partial charge in [-0.1, -0.05) is 0 Å². The fourth-order valence-electron chi connectivity index (χ4n) is 1.33. The van der Waals surface area contributed by atoms with Crippen molar-refractivity contribution >= 4 is 11.8 Å². The van der Waals surface area contributed by atoms with Gasteiger partial charge in [0.05, 0.1) is 0 Å². The molecule has 2 amide bonds. The first-order valence-electron chi connectivity index (χ1n) is 4.58. The number of carbonyl (C=O) groups is 2. The van der Waals surface area contributed by atoms with Crippen molar-refractivity contribution in [1.29, 1.82) is 0 Å². The van der Waals surface area contributed by atoms with Crippen LogP contribution in [0.25, 0.3) is 0 Å². The highest BCUT2D eigenvalue weighted by Gasteiger charge is 2.63. The van der Waals surface area contributed by atoms with Crippen molar-refractivity contribution < 1.29 is 31.5 Å². The van der Waals surface area contributed by atoms with Crippen molar-refractivity contribution in [2.45, 2.75) is 24.6 Å². The first-order chi connectivity index (χ1) is 7.57. The summed E-state index contributed by atoms with van der Waals surface area (Å²) >= 11 is 0. The third-order valence-electron chi connectivity index (χ3n) is 2.37. The molecular formula is C8H9F5N2O2. The number of nitrogens with one attached hydrogen (secondary N) is 1. The summed E-state index contributed by atoms with van der Waals surface area (Å²) in [6, 6.07) is -1.32. The molecule has 1 unspecified atom stereocenters. The summed E-state index contributed by atoms with van der Waals surface area (Å²) in [4.78, 5) is 23.1. The molecule has 1 fully saturated rings. The minimum absolute atomic E-state index is 0.00894. The highest BCUT2D eigenvalue weighted by atomic mass is 19.4. The van der Waals surface area contributed by atoms with Gasteiger partial charge in [-0.05, 0) is 6.42 Å². The molecule has 1 aliphatic rings. The first-order valence-corrected chi connectivity index (χ1v) is 4.58. The standard InChI is InChI=1S/C8H9F5N2O2/c1-15-3-2-4(5(15)16)14-6(17)7(9,10)8(11,12)13/h4H,2-3H2,1H3,(H,14,17). The molecule has 0 radical (unpaired) electrons. The van der Waals surface area contributed by atoms with Gasteiger partial charge in [0.2, 0.25) is 5.91 Å². The van der Waals surface area contributed by atoms with E-state index >= 15 is 0 Å². The Hall–Kier alpha value is -1.41. The summed E-state index contributed by atoms with van der Waals surface area (Å²) in [5.41, 5.74) is 0. The monoisotopic (exact) mass is 260 g/mol. The van der Waals surface area contributed by atoms with Gasteiger partial charge in [-0.15, -0.1) is 0 Å². The topological polar surface area (TPSA) is 49.4 Å². The normalized spacial score (nSPS) is 21.9. The number of rotatable bonds is 2. The van der Waals surface area contributed by atoms with Gasteiger partial charge in [-0.2, -0.15) is 22.0 Å². The van der Waals surface area contributed by atoms with Crippen LogP contribution >= 0.6 is 0 Å². The van der Waals surface area contributed by atoms with Gasteiger partial charge in [0.25, 0.3) is 0 Å². The van der Waals surface area contributed by atoms with Crippen LogP contribution in [0.5, 0.6) is 0 Å². The van der Waals surface area contributed by atoms with Crippen LogP contribution in [0.1, 0.15) is 6.42 Å². The molecule has 4 nitrogen and oxygen atoms in total. The van der Waals surface area contributed by atoms with E-state index in [1.807, 2.05) is 0 Å². The zero-order chi connectivity index (χ0) is 13.4. The largest absolute Gasteiger partial charge is 0.463 e. The number of likely N-dealkylation sites (N-methyl/N-ethyl adjacent to an activating group) is 1. The molecule has 9 heteroatoms. The Morgan fingerprint density at radius 1 is 1.35 bits per heavy atom. The summed E-state index contributed by atoms with van der Waals surface area (Å²) in [5.74, 6) is -8.68. The van der Waals surface area contributed by atoms with Crippen LogP contribution in [0.2, 0.25) is 0 Å². The van der Waals surface area contributed by atoms with E-state index in [2.05, 4.69) is 0 Å². The van der Waals surface area contributed by atoms with E-state index in [4.69, 9.17) is 0 Å². The number of alkyl halides is 5. The molecule has 0 aromatic heterocycles. The number of halogens is 5. The number of likely N-dealkylation sites (tertiary alicyclic amines) is 1. The highest BCUT2D eigenvalue weighted by molar-refractivity contribution is 5.91. The summed E-state index contributed by atoms with van der Waals surface area (Å²) in [7, 11) is 1.36. The maximum Gasteiger partial charge on any atom is 0.463 e. The summed E-state index contributed by atoms with van der Waals surface area (Å²) in [6.45, 7) is 0.196. The van der Waals surface area contributed by atoms with Gasteiger partial charge < -0.3 is 10.2 Å². The molecule has 1 heterocycles. The van der Waals surface area contributed by atoms with Gasteiger partial charge >= 0.3 is 18.0 Å². The fraction of sp³-hybridized carbons (Fsp3) is 0.750. The van der Waals surface area contributed by atoms with Crippen LogP contribution in [-0.4, -0.2) is 48.4 Å². The van der Waals surface area contributed by atoms with E-state index in [1.165, 1.54) is 12.4 Å². The molecule has 17 heavy (non-hydrogen) atoms. The van der Waals surface area contributed by atoms with E-state index < -0.39 is 30.0 Å². The van der Waals surface area contributed by atoms with E-state index in [0.717, 1.165) is 4.90 Å². The molecular weight excluding hydrogens is 251 g/mol. The van der Waals surface area contributed by atoms with Crippen molar-refractivity contribution in [2.24, 2.45) is 0 Å². The predicted molar refractivity (Wildman–Crippen MR) is 45.2 cm³/mol. The van der Waals surface area contributed by atoms with E-state index in [0.29, 0.717) is 0 Å². The molecule has 0 spiro atoms. The molecule has 0 aliphatic carbocycles. The van der Waals surface area contributed by atoms with Gasteiger partial charge in [0.15, 0.2) is 0 Å². The molecule has 0 aromatic rings. The van der Waals surface area contributed by atoms with Crippen molar-refractivity contribution in [3.63, 3.8) is 0 Å². The number of amides is 2. The second-order valence-electron chi connectivity index (χ2n) is 3.65. The zero-order valence-electron chi connectivity index (χ0n) is 8.65. The molecule has 0 saturated carbocycles. The summed E-state index contributed by atoms with van der Waals surface area (Å²) in [6.07, 6.45) is -5.96. The van der Waals surface area contributed by atoms with Crippen molar-refractivity contribution in [2.75, 3.05) is 13.6 Å². The van der Waals surface area contributed by atoms with Crippen molar-refractivity contribution in [3.8, 4) is 0 Å². The van der Waals surface area contributed by atoms with Gasteiger partial charge in [-0.3, -0.25) is 9.59 Å². The Morgan fingerprint density at radius 2 is 1.88 bits per heavy atom.